The van der Waals surface area contributed by atoms with Crippen molar-refractivity contribution in [1.82, 2.24) is 4.31 Å². The third-order valence-corrected chi connectivity index (χ3v) is 8.13. The summed E-state index contributed by atoms with van der Waals surface area (Å²) in [6, 6.07) is 17.0. The van der Waals surface area contributed by atoms with E-state index in [1.807, 2.05) is 49.4 Å². The van der Waals surface area contributed by atoms with Crippen LogP contribution < -0.4 is 0 Å². The van der Waals surface area contributed by atoms with Gasteiger partial charge in [-0.1, -0.05) is 48.0 Å². The third-order valence-electron chi connectivity index (χ3n) is 6.17. The molecule has 1 saturated carbocycles. The molecule has 1 N–H and O–H groups in total. The number of sulfonamides is 1. The number of fused-ring (bicyclic) bond motifs is 1. The SMILES string of the molecule is Cc1ccc(S(=O)(=O)N2C[C@@H](COCc3ccccc3)[C@@H]3C[C@@]32CCO)cc1. The minimum Gasteiger partial charge on any atom is -0.396 e. The summed E-state index contributed by atoms with van der Waals surface area (Å²) in [5.41, 5.74) is 1.70. The lowest BCUT2D eigenvalue weighted by Gasteiger charge is -2.27. The first-order valence-electron chi connectivity index (χ1n) is 9.79. The highest BCUT2D eigenvalue weighted by Gasteiger charge is 2.68. The summed E-state index contributed by atoms with van der Waals surface area (Å²) in [4.78, 5) is 0.326. The number of aliphatic hydroxyl groups excluding tert-OH is 1. The maximum absolute atomic E-state index is 13.3. The number of rotatable bonds is 8. The van der Waals surface area contributed by atoms with Crippen molar-refractivity contribution in [3.8, 4) is 0 Å². The highest BCUT2D eigenvalue weighted by atomic mass is 32.2. The Bertz CT molecular complexity index is 913. The Balaban J connectivity index is 1.49. The predicted octanol–water partition coefficient (Wildman–Crippen LogP) is 2.97. The second-order valence-electron chi connectivity index (χ2n) is 8.00. The lowest BCUT2D eigenvalue weighted by molar-refractivity contribution is 0.0834. The van der Waals surface area contributed by atoms with Gasteiger partial charge < -0.3 is 9.84 Å². The number of aliphatic hydroxyl groups is 1. The Morgan fingerprint density at radius 2 is 1.86 bits per heavy atom. The van der Waals surface area contributed by atoms with Crippen molar-refractivity contribution < 1.29 is 18.3 Å². The molecule has 3 atom stereocenters. The molecule has 1 saturated heterocycles. The number of piperidine rings is 1. The van der Waals surface area contributed by atoms with Crippen molar-refractivity contribution in [2.75, 3.05) is 19.8 Å². The molecule has 28 heavy (non-hydrogen) atoms. The molecule has 2 aromatic rings. The van der Waals surface area contributed by atoms with Crippen LogP contribution in [0.2, 0.25) is 0 Å². The maximum Gasteiger partial charge on any atom is 0.243 e. The number of hydrogen-bond donors (Lipinski definition) is 1. The Kier molecular flexibility index (Phi) is 5.31. The van der Waals surface area contributed by atoms with E-state index >= 15 is 0 Å². The first-order chi connectivity index (χ1) is 13.5. The topological polar surface area (TPSA) is 66.8 Å². The van der Waals surface area contributed by atoms with Crippen molar-refractivity contribution in [3.63, 3.8) is 0 Å². The van der Waals surface area contributed by atoms with E-state index < -0.39 is 15.6 Å². The molecular weight excluding hydrogens is 374 g/mol. The summed E-state index contributed by atoms with van der Waals surface area (Å²) in [5, 5.41) is 9.57. The van der Waals surface area contributed by atoms with Gasteiger partial charge >= 0.3 is 0 Å². The Labute approximate surface area is 167 Å². The molecule has 0 aromatic heterocycles. The quantitative estimate of drug-likeness (QED) is 0.739. The fourth-order valence-electron chi connectivity index (χ4n) is 4.59. The van der Waals surface area contributed by atoms with Gasteiger partial charge in [0, 0.05) is 24.6 Å². The van der Waals surface area contributed by atoms with Crippen LogP contribution in [0.3, 0.4) is 0 Å². The molecule has 2 fully saturated rings. The van der Waals surface area contributed by atoms with Crippen LogP contribution in [0.5, 0.6) is 0 Å². The van der Waals surface area contributed by atoms with Gasteiger partial charge in [-0.25, -0.2) is 8.42 Å². The molecule has 0 unspecified atom stereocenters. The number of ether oxygens (including phenoxy) is 1. The average molecular weight is 402 g/mol. The molecule has 1 heterocycles. The number of nitrogens with zero attached hydrogens (tertiary/aromatic N) is 1. The summed E-state index contributed by atoms with van der Waals surface area (Å²) in [6.07, 6.45) is 1.29. The van der Waals surface area contributed by atoms with E-state index in [2.05, 4.69) is 0 Å². The zero-order chi connectivity index (χ0) is 19.8. The summed E-state index contributed by atoms with van der Waals surface area (Å²) < 4.78 is 34.2. The fourth-order valence-corrected chi connectivity index (χ4v) is 6.49. The number of hydrogen-bond acceptors (Lipinski definition) is 4. The minimum absolute atomic E-state index is 0.00594. The monoisotopic (exact) mass is 401 g/mol. The molecule has 5 nitrogen and oxygen atoms in total. The molecule has 0 amide bonds. The molecule has 150 valence electrons. The van der Waals surface area contributed by atoms with E-state index in [-0.39, 0.29) is 18.4 Å². The van der Waals surface area contributed by atoms with Crippen molar-refractivity contribution in [2.24, 2.45) is 11.8 Å². The Hall–Kier alpha value is -1.73. The van der Waals surface area contributed by atoms with Gasteiger partial charge in [0.25, 0.3) is 0 Å². The van der Waals surface area contributed by atoms with Crippen molar-refractivity contribution >= 4 is 10.0 Å². The summed E-state index contributed by atoms with van der Waals surface area (Å²) in [7, 11) is -3.59. The zero-order valence-electron chi connectivity index (χ0n) is 16.1. The van der Waals surface area contributed by atoms with Gasteiger partial charge in [0.2, 0.25) is 10.0 Å². The van der Waals surface area contributed by atoms with Gasteiger partial charge in [0.1, 0.15) is 0 Å². The molecule has 2 aliphatic rings. The molecule has 4 rings (SSSR count). The van der Waals surface area contributed by atoms with Gasteiger partial charge in [-0.15, -0.1) is 0 Å². The minimum atomic E-state index is -3.59. The van der Waals surface area contributed by atoms with E-state index in [0.29, 0.717) is 31.1 Å². The lowest BCUT2D eigenvalue weighted by Crippen LogP contribution is -2.41. The second-order valence-corrected chi connectivity index (χ2v) is 9.86. The van der Waals surface area contributed by atoms with Crippen LogP contribution in [0.1, 0.15) is 24.0 Å². The Morgan fingerprint density at radius 3 is 2.54 bits per heavy atom. The number of benzene rings is 2. The molecule has 0 bridgehead atoms. The van der Waals surface area contributed by atoms with Crippen LogP contribution in [-0.4, -0.2) is 43.1 Å². The van der Waals surface area contributed by atoms with Crippen LogP contribution >= 0.6 is 0 Å². The Morgan fingerprint density at radius 1 is 1.14 bits per heavy atom. The molecular formula is C22H27NO4S. The van der Waals surface area contributed by atoms with Crippen molar-refractivity contribution in [1.29, 1.82) is 0 Å². The first-order valence-corrected chi connectivity index (χ1v) is 11.2. The van der Waals surface area contributed by atoms with Crippen LogP contribution in [0, 0.1) is 18.8 Å². The molecule has 0 radical (unpaired) electrons. The highest BCUT2D eigenvalue weighted by Crippen LogP contribution is 2.61. The van der Waals surface area contributed by atoms with Gasteiger partial charge in [-0.2, -0.15) is 4.31 Å². The molecule has 6 heteroatoms. The van der Waals surface area contributed by atoms with Gasteiger partial charge in [-0.3, -0.25) is 0 Å². The average Bonchev–Trinajstić information content (AvgIpc) is 3.32. The highest BCUT2D eigenvalue weighted by molar-refractivity contribution is 7.89. The van der Waals surface area contributed by atoms with E-state index in [1.165, 1.54) is 0 Å². The van der Waals surface area contributed by atoms with Crippen molar-refractivity contribution in [3.05, 3.63) is 65.7 Å². The smallest absolute Gasteiger partial charge is 0.243 e. The summed E-state index contributed by atoms with van der Waals surface area (Å²) >= 11 is 0. The van der Waals surface area contributed by atoms with Crippen LogP contribution in [0.4, 0.5) is 0 Å². The van der Waals surface area contributed by atoms with Crippen LogP contribution in [-0.2, 0) is 21.4 Å². The van der Waals surface area contributed by atoms with Crippen LogP contribution in [0.15, 0.2) is 59.5 Å². The largest absolute Gasteiger partial charge is 0.396 e. The summed E-state index contributed by atoms with van der Waals surface area (Å²) in [6.45, 7) is 3.45. The molecule has 2 aromatic carbocycles. The van der Waals surface area contributed by atoms with Gasteiger partial charge in [0.05, 0.1) is 18.1 Å². The van der Waals surface area contributed by atoms with E-state index in [1.54, 1.807) is 16.4 Å². The molecule has 1 aliphatic heterocycles. The maximum atomic E-state index is 13.3. The molecule has 1 aliphatic carbocycles. The second kappa shape index (κ2) is 7.59. The van der Waals surface area contributed by atoms with E-state index in [4.69, 9.17) is 4.74 Å². The standard InChI is InChI=1S/C22H27NO4S/c1-17-7-9-20(10-8-17)28(25,26)23-14-19(21-13-22(21,23)11-12-24)16-27-15-18-5-3-2-4-6-18/h2-10,19,21,24H,11-16H2,1H3/t19-,21-,22-/m0/s1. The normalized spacial score (nSPS) is 26.9. The first kappa shape index (κ1) is 19.6. The van der Waals surface area contributed by atoms with E-state index in [9.17, 15) is 13.5 Å². The zero-order valence-corrected chi connectivity index (χ0v) is 16.9. The fraction of sp³-hybridized carbons (Fsp3) is 0.455. The van der Waals surface area contributed by atoms with Crippen LogP contribution in [0.25, 0.3) is 0 Å². The van der Waals surface area contributed by atoms with Gasteiger partial charge in [0.15, 0.2) is 0 Å². The molecule has 0 spiro atoms. The predicted molar refractivity (Wildman–Crippen MR) is 107 cm³/mol. The van der Waals surface area contributed by atoms with Crippen molar-refractivity contribution in [2.45, 2.75) is 36.8 Å². The van der Waals surface area contributed by atoms with E-state index in [0.717, 1.165) is 17.5 Å². The summed E-state index contributed by atoms with van der Waals surface area (Å²) in [5.74, 6) is 0.422. The van der Waals surface area contributed by atoms with Gasteiger partial charge in [-0.05, 0) is 43.4 Å². The number of aryl methyl sites for hydroxylation is 1. The third kappa shape index (κ3) is 3.50. The lowest BCUT2D eigenvalue weighted by atomic mass is 10.0.